The lowest BCUT2D eigenvalue weighted by atomic mass is 9.99. The maximum atomic E-state index is 13.9. The molecule has 1 unspecified atom stereocenters. The Morgan fingerprint density at radius 3 is 2.43 bits per heavy atom. The molecule has 112 valence electrons. The van der Waals surface area contributed by atoms with Gasteiger partial charge in [0.25, 0.3) is 0 Å². The highest BCUT2D eigenvalue weighted by atomic mass is 79.9. The van der Waals surface area contributed by atoms with Crippen molar-refractivity contribution >= 4 is 27.5 Å². The van der Waals surface area contributed by atoms with Crippen molar-refractivity contribution in [2.75, 3.05) is 0 Å². The number of nitrogens with two attached hydrogens (primary N) is 1. The van der Waals surface area contributed by atoms with Gasteiger partial charge < -0.3 is 0 Å². The second-order valence-electron chi connectivity index (χ2n) is 4.70. The molecule has 2 aromatic rings. The summed E-state index contributed by atoms with van der Waals surface area (Å²) in [6, 6.07) is 9.40. The fourth-order valence-corrected chi connectivity index (χ4v) is 2.75. The van der Waals surface area contributed by atoms with Crippen LogP contribution < -0.4 is 11.3 Å². The average Bonchev–Trinajstić information content (AvgIpc) is 2.47. The third-order valence-electron chi connectivity index (χ3n) is 3.23. The van der Waals surface area contributed by atoms with Gasteiger partial charge in [-0.25, -0.2) is 8.78 Å². The van der Waals surface area contributed by atoms with E-state index in [1.165, 1.54) is 12.1 Å². The topological polar surface area (TPSA) is 38.0 Å². The summed E-state index contributed by atoms with van der Waals surface area (Å²) in [7, 11) is 0. The molecule has 6 heteroatoms. The van der Waals surface area contributed by atoms with Crippen molar-refractivity contribution < 1.29 is 8.78 Å². The molecular weight excluding hydrogens is 362 g/mol. The molecule has 2 nitrogen and oxygen atoms in total. The number of benzene rings is 2. The van der Waals surface area contributed by atoms with Gasteiger partial charge in [0, 0.05) is 6.04 Å². The molecule has 0 aromatic heterocycles. The summed E-state index contributed by atoms with van der Waals surface area (Å²) in [6.07, 6.45) is 0.812. The van der Waals surface area contributed by atoms with E-state index in [0.717, 1.165) is 5.56 Å². The van der Waals surface area contributed by atoms with Gasteiger partial charge in [-0.3, -0.25) is 11.3 Å². The van der Waals surface area contributed by atoms with E-state index in [2.05, 4.69) is 21.4 Å². The quantitative estimate of drug-likeness (QED) is 0.612. The van der Waals surface area contributed by atoms with Crippen LogP contribution in [0.2, 0.25) is 5.02 Å². The van der Waals surface area contributed by atoms with Crippen molar-refractivity contribution in [1.82, 2.24) is 5.43 Å². The molecule has 3 N–H and O–H groups in total. The smallest absolute Gasteiger partial charge is 0.145 e. The van der Waals surface area contributed by atoms with Gasteiger partial charge in [-0.05, 0) is 52.0 Å². The van der Waals surface area contributed by atoms with Crippen LogP contribution in [0.1, 0.15) is 11.1 Å². The maximum absolute atomic E-state index is 13.9. The lowest BCUT2D eigenvalue weighted by Gasteiger charge is -2.17. The van der Waals surface area contributed by atoms with E-state index in [1.807, 2.05) is 0 Å². The molecule has 0 heterocycles. The fourth-order valence-electron chi connectivity index (χ4n) is 2.13. The van der Waals surface area contributed by atoms with Gasteiger partial charge in [0.1, 0.15) is 11.6 Å². The zero-order valence-corrected chi connectivity index (χ0v) is 13.4. The summed E-state index contributed by atoms with van der Waals surface area (Å²) in [5.41, 5.74) is 3.87. The second-order valence-corrected chi connectivity index (χ2v) is 5.90. The highest BCUT2D eigenvalue weighted by Crippen LogP contribution is 2.24. The minimum atomic E-state index is -0.447. The maximum Gasteiger partial charge on any atom is 0.145 e. The van der Waals surface area contributed by atoms with Gasteiger partial charge in [0.2, 0.25) is 0 Å². The minimum Gasteiger partial charge on any atom is -0.271 e. The fraction of sp³-hybridized carbons (Fsp3) is 0.200. The Morgan fingerprint density at radius 1 is 1.10 bits per heavy atom. The first-order valence-corrected chi connectivity index (χ1v) is 7.52. The standard InChI is InChI=1S/C15H14BrClF2N2/c16-14-9(3-2-6-13(14)18)7-11(21-20)8-10-4-1-5-12(17)15(10)19/h1-6,11,21H,7-8,20H2. The minimum absolute atomic E-state index is 0.0789. The molecule has 0 bridgehead atoms. The number of halogens is 4. The van der Waals surface area contributed by atoms with Crippen molar-refractivity contribution in [1.29, 1.82) is 0 Å². The monoisotopic (exact) mass is 374 g/mol. The van der Waals surface area contributed by atoms with Crippen LogP contribution in [0.4, 0.5) is 8.78 Å². The van der Waals surface area contributed by atoms with Crippen LogP contribution in [0.15, 0.2) is 40.9 Å². The summed E-state index contributed by atoms with van der Waals surface area (Å²) in [4.78, 5) is 0. The van der Waals surface area contributed by atoms with E-state index < -0.39 is 5.82 Å². The van der Waals surface area contributed by atoms with E-state index in [4.69, 9.17) is 17.4 Å². The Hall–Kier alpha value is -1.01. The molecule has 21 heavy (non-hydrogen) atoms. The zero-order valence-electron chi connectivity index (χ0n) is 11.0. The van der Waals surface area contributed by atoms with Crippen molar-refractivity contribution in [3.05, 3.63) is 68.7 Å². The van der Waals surface area contributed by atoms with Crippen LogP contribution in [-0.4, -0.2) is 6.04 Å². The molecule has 0 aliphatic carbocycles. The van der Waals surface area contributed by atoms with Crippen LogP contribution in [0.3, 0.4) is 0 Å². The van der Waals surface area contributed by atoms with Crippen LogP contribution in [0.25, 0.3) is 0 Å². The van der Waals surface area contributed by atoms with Crippen LogP contribution in [0.5, 0.6) is 0 Å². The van der Waals surface area contributed by atoms with Gasteiger partial charge in [-0.2, -0.15) is 0 Å². The normalized spacial score (nSPS) is 12.4. The summed E-state index contributed by atoms with van der Waals surface area (Å²) in [6.45, 7) is 0. The molecule has 0 radical (unpaired) electrons. The Morgan fingerprint density at radius 2 is 1.71 bits per heavy atom. The third kappa shape index (κ3) is 4.01. The first-order valence-electron chi connectivity index (χ1n) is 6.34. The lowest BCUT2D eigenvalue weighted by Crippen LogP contribution is -2.38. The van der Waals surface area contributed by atoms with E-state index in [-0.39, 0.29) is 16.9 Å². The number of rotatable bonds is 5. The number of nitrogens with one attached hydrogen (secondary N) is 1. The molecule has 0 fully saturated rings. The number of hydrogen-bond donors (Lipinski definition) is 2. The number of hydrogen-bond acceptors (Lipinski definition) is 2. The number of hydrazine groups is 1. The van der Waals surface area contributed by atoms with E-state index in [9.17, 15) is 8.78 Å². The van der Waals surface area contributed by atoms with Gasteiger partial charge in [0.15, 0.2) is 0 Å². The SMILES string of the molecule is NNC(Cc1cccc(Cl)c1F)Cc1cccc(F)c1Br. The first kappa shape index (κ1) is 16.4. The third-order valence-corrected chi connectivity index (χ3v) is 4.41. The van der Waals surface area contributed by atoms with Crippen molar-refractivity contribution in [2.24, 2.45) is 5.84 Å². The van der Waals surface area contributed by atoms with E-state index in [0.29, 0.717) is 22.9 Å². The van der Waals surface area contributed by atoms with Crippen LogP contribution in [0, 0.1) is 11.6 Å². The highest BCUT2D eigenvalue weighted by Gasteiger charge is 2.15. The molecule has 2 rings (SSSR count). The van der Waals surface area contributed by atoms with E-state index >= 15 is 0 Å². The van der Waals surface area contributed by atoms with Gasteiger partial charge >= 0.3 is 0 Å². The second kappa shape index (κ2) is 7.31. The summed E-state index contributed by atoms with van der Waals surface area (Å²) < 4.78 is 27.8. The molecule has 2 aromatic carbocycles. The lowest BCUT2D eigenvalue weighted by molar-refractivity contribution is 0.504. The van der Waals surface area contributed by atoms with Crippen molar-refractivity contribution in [2.45, 2.75) is 18.9 Å². The average molecular weight is 376 g/mol. The van der Waals surface area contributed by atoms with Crippen molar-refractivity contribution in [3.63, 3.8) is 0 Å². The molecule has 0 amide bonds. The molecule has 0 aliphatic rings. The Balaban J connectivity index is 2.17. The summed E-state index contributed by atoms with van der Waals surface area (Å²) >= 11 is 8.97. The van der Waals surface area contributed by atoms with Gasteiger partial charge in [-0.1, -0.05) is 35.9 Å². The Kier molecular flexibility index (Phi) is 5.70. The highest BCUT2D eigenvalue weighted by molar-refractivity contribution is 9.10. The Bertz CT molecular complexity index is 584. The predicted molar refractivity (Wildman–Crippen MR) is 84.0 cm³/mol. The molecule has 0 saturated heterocycles. The molecule has 0 spiro atoms. The largest absolute Gasteiger partial charge is 0.271 e. The van der Waals surface area contributed by atoms with Crippen molar-refractivity contribution in [3.8, 4) is 0 Å². The molecular formula is C15H14BrClF2N2. The van der Waals surface area contributed by atoms with Gasteiger partial charge in [0.05, 0.1) is 9.50 Å². The van der Waals surface area contributed by atoms with E-state index in [1.54, 1.807) is 24.3 Å². The predicted octanol–water partition coefficient (Wildman–Crippen LogP) is 4.00. The van der Waals surface area contributed by atoms with Crippen LogP contribution >= 0.6 is 27.5 Å². The first-order chi connectivity index (χ1) is 10.0. The Labute approximate surface area is 135 Å². The summed E-state index contributed by atoms with van der Waals surface area (Å²) in [5, 5.41) is 0.0789. The van der Waals surface area contributed by atoms with Crippen LogP contribution in [-0.2, 0) is 12.8 Å². The molecule has 0 saturated carbocycles. The van der Waals surface area contributed by atoms with Gasteiger partial charge in [-0.15, -0.1) is 0 Å². The summed E-state index contributed by atoms with van der Waals surface area (Å²) in [5.74, 6) is 4.75. The molecule has 0 aliphatic heterocycles. The molecule has 1 atom stereocenters. The zero-order chi connectivity index (χ0) is 15.4.